The quantitative estimate of drug-likeness (QED) is 0.294. The van der Waals surface area contributed by atoms with Crippen LogP contribution in [0.5, 0.6) is 0 Å². The molecule has 1 spiro atoms. The van der Waals surface area contributed by atoms with E-state index in [4.69, 9.17) is 19.2 Å². The third kappa shape index (κ3) is 4.66. The van der Waals surface area contributed by atoms with Crippen molar-refractivity contribution < 1.29 is 32.5 Å². The molecular formula is C30H32F3IN2O4. The Morgan fingerprint density at radius 2 is 1.88 bits per heavy atom. The van der Waals surface area contributed by atoms with Gasteiger partial charge in [-0.05, 0) is 48.8 Å². The molecule has 2 saturated heterocycles. The van der Waals surface area contributed by atoms with Gasteiger partial charge in [0, 0.05) is 54.5 Å². The zero-order valence-electron chi connectivity index (χ0n) is 22.5. The number of pyridine rings is 1. The van der Waals surface area contributed by atoms with E-state index in [1.807, 2.05) is 0 Å². The van der Waals surface area contributed by atoms with E-state index in [2.05, 4.69) is 36.4 Å². The van der Waals surface area contributed by atoms with Gasteiger partial charge in [0.2, 0.25) is 0 Å². The van der Waals surface area contributed by atoms with Crippen LogP contribution < -0.4 is 0 Å². The summed E-state index contributed by atoms with van der Waals surface area (Å²) < 4.78 is 59.4. The minimum absolute atomic E-state index is 0.0913. The van der Waals surface area contributed by atoms with Crippen molar-refractivity contribution in [2.24, 2.45) is 5.41 Å². The van der Waals surface area contributed by atoms with E-state index in [-0.39, 0.29) is 15.3 Å². The molecular weight excluding hydrogens is 636 g/mol. The molecule has 0 amide bonds. The number of halogens is 4. The highest BCUT2D eigenvalue weighted by Crippen LogP contribution is 2.59. The fraction of sp³-hybridized carbons (Fsp3) is 0.600. The van der Waals surface area contributed by atoms with Gasteiger partial charge in [0.15, 0.2) is 0 Å². The summed E-state index contributed by atoms with van der Waals surface area (Å²) in [6, 6.07) is 5.45. The molecule has 6 rings (SSSR count). The minimum atomic E-state index is -4.64. The fourth-order valence-corrected chi connectivity index (χ4v) is 8.10. The first-order valence-corrected chi connectivity index (χ1v) is 15.0. The summed E-state index contributed by atoms with van der Waals surface area (Å²) in [5, 5.41) is 21.3. The van der Waals surface area contributed by atoms with Gasteiger partial charge < -0.3 is 19.3 Å². The van der Waals surface area contributed by atoms with Gasteiger partial charge in [-0.15, -0.1) is 0 Å². The topological polar surface area (TPSA) is 84.6 Å². The first-order chi connectivity index (χ1) is 18.9. The number of ether oxygens (including phenoxy) is 3. The molecule has 0 saturated carbocycles. The molecule has 1 N–H and O–H groups in total. The lowest BCUT2D eigenvalue weighted by atomic mass is 9.69. The molecule has 4 heterocycles. The Bertz CT molecular complexity index is 1370. The molecule has 4 atom stereocenters. The van der Waals surface area contributed by atoms with E-state index < -0.39 is 35.1 Å². The van der Waals surface area contributed by atoms with Crippen molar-refractivity contribution >= 4 is 22.6 Å². The number of aromatic nitrogens is 1. The third-order valence-corrected chi connectivity index (χ3v) is 10.3. The maximum absolute atomic E-state index is 13.7. The molecule has 1 aromatic heterocycles. The first-order valence-electron chi connectivity index (χ1n) is 13.8. The summed E-state index contributed by atoms with van der Waals surface area (Å²) >= 11 is 2.35. The van der Waals surface area contributed by atoms with Gasteiger partial charge >= 0.3 is 6.18 Å². The molecule has 2 aromatic rings. The number of aliphatic hydroxyl groups excluding tert-OH is 1. The van der Waals surface area contributed by atoms with E-state index in [0.717, 1.165) is 47.0 Å². The number of benzene rings is 1. The largest absolute Gasteiger partial charge is 0.417 e. The number of hydrogen-bond acceptors (Lipinski definition) is 6. The zero-order valence-corrected chi connectivity index (χ0v) is 24.6. The number of aliphatic hydroxyl groups is 1. The van der Waals surface area contributed by atoms with Crippen LogP contribution in [0.3, 0.4) is 0 Å². The molecule has 40 heavy (non-hydrogen) atoms. The van der Waals surface area contributed by atoms with Crippen molar-refractivity contribution in [3.8, 4) is 6.07 Å². The van der Waals surface area contributed by atoms with Gasteiger partial charge in [0.05, 0.1) is 39.5 Å². The number of rotatable bonds is 2. The van der Waals surface area contributed by atoms with Crippen LogP contribution in [0.15, 0.2) is 18.2 Å². The number of alkyl halides is 4. The van der Waals surface area contributed by atoms with Crippen molar-refractivity contribution in [2.75, 3.05) is 26.4 Å². The molecule has 214 valence electrons. The van der Waals surface area contributed by atoms with Crippen molar-refractivity contribution in [1.82, 2.24) is 4.98 Å². The second-order valence-corrected chi connectivity index (χ2v) is 13.7. The molecule has 10 heteroatoms. The second kappa shape index (κ2) is 10.2. The monoisotopic (exact) mass is 668 g/mol. The smallest absolute Gasteiger partial charge is 0.388 e. The van der Waals surface area contributed by atoms with Crippen LogP contribution in [0.2, 0.25) is 0 Å². The molecule has 3 aliphatic heterocycles. The van der Waals surface area contributed by atoms with E-state index in [1.165, 1.54) is 12.1 Å². The molecule has 2 fully saturated rings. The number of nitrogens with zero attached hydrogens (tertiary/aromatic N) is 2. The Kier molecular flexibility index (Phi) is 7.22. The standard InChI is InChI=1S/C30H32F3IN2O4/c1-28(2)12-20-23(21(37)13-28)25-24(26(36-20)16-5-8-38-9-6-16)27(40-29(25)7-10-39-15-22(29)34)17-3-4-19(30(31,32)33)18(11-17)14-35/h3-4,11,16,21-22,27,37H,5-10,12-13,15H2,1-2H3/t21?,22?,27-,29?/m1/s1. The molecule has 4 aliphatic rings. The van der Waals surface area contributed by atoms with Crippen molar-refractivity contribution in [1.29, 1.82) is 5.26 Å². The summed E-state index contributed by atoms with van der Waals surface area (Å²) in [6.07, 6.45) is -2.71. The zero-order chi connectivity index (χ0) is 28.4. The van der Waals surface area contributed by atoms with Crippen LogP contribution >= 0.6 is 22.6 Å². The van der Waals surface area contributed by atoms with Crippen LogP contribution in [0.25, 0.3) is 0 Å². The Morgan fingerprint density at radius 3 is 2.55 bits per heavy atom. The van der Waals surface area contributed by atoms with Gasteiger partial charge in [-0.1, -0.05) is 42.5 Å². The normalized spacial score (nSPS) is 30.1. The molecule has 1 aromatic carbocycles. The fourth-order valence-electron chi connectivity index (χ4n) is 7.08. The average molecular weight is 668 g/mol. The Morgan fingerprint density at radius 1 is 1.12 bits per heavy atom. The van der Waals surface area contributed by atoms with E-state index in [1.54, 1.807) is 6.07 Å². The van der Waals surface area contributed by atoms with Crippen LogP contribution in [-0.2, 0) is 32.4 Å². The van der Waals surface area contributed by atoms with Crippen molar-refractivity contribution in [3.63, 3.8) is 0 Å². The predicted molar refractivity (Wildman–Crippen MR) is 148 cm³/mol. The molecule has 6 nitrogen and oxygen atoms in total. The molecule has 1 aliphatic carbocycles. The summed E-state index contributed by atoms with van der Waals surface area (Å²) in [5.74, 6) is 0.0913. The van der Waals surface area contributed by atoms with E-state index >= 15 is 0 Å². The Labute approximate surface area is 245 Å². The highest BCUT2D eigenvalue weighted by atomic mass is 127. The summed E-state index contributed by atoms with van der Waals surface area (Å²) in [7, 11) is 0. The van der Waals surface area contributed by atoms with Crippen LogP contribution in [-0.4, -0.2) is 40.4 Å². The van der Waals surface area contributed by atoms with Crippen LogP contribution in [0.1, 0.15) is 102 Å². The number of hydrogen-bond donors (Lipinski definition) is 1. The Balaban J connectivity index is 1.63. The maximum atomic E-state index is 13.7. The Hall–Kier alpha value is -1.78. The number of nitriles is 1. The highest BCUT2D eigenvalue weighted by Gasteiger charge is 2.56. The highest BCUT2D eigenvalue weighted by molar-refractivity contribution is 14.1. The lowest BCUT2D eigenvalue weighted by Gasteiger charge is -2.42. The van der Waals surface area contributed by atoms with Gasteiger partial charge in [-0.25, -0.2) is 0 Å². The molecule has 3 unspecified atom stereocenters. The predicted octanol–water partition coefficient (Wildman–Crippen LogP) is 6.41. The maximum Gasteiger partial charge on any atom is 0.417 e. The average Bonchev–Trinajstić information content (AvgIpc) is 3.24. The third-order valence-electron chi connectivity index (χ3n) is 8.89. The van der Waals surface area contributed by atoms with Gasteiger partial charge in [-0.3, -0.25) is 4.98 Å². The molecule has 0 radical (unpaired) electrons. The SMILES string of the molecule is CC1(C)Cc2nc(C3CCOCC3)c3c(c2C(O)C1)C1(CCOCC1I)O[C@@H]3c1ccc(C(F)(F)F)c(C#N)c1. The lowest BCUT2D eigenvalue weighted by molar-refractivity contribution is -0.137. The minimum Gasteiger partial charge on any atom is -0.388 e. The van der Waals surface area contributed by atoms with Crippen LogP contribution in [0.4, 0.5) is 13.2 Å². The summed E-state index contributed by atoms with van der Waals surface area (Å²) in [4.78, 5) is 5.26. The first kappa shape index (κ1) is 28.3. The molecule has 0 bridgehead atoms. The van der Waals surface area contributed by atoms with Crippen molar-refractivity contribution in [2.45, 2.75) is 79.8 Å². The van der Waals surface area contributed by atoms with E-state index in [0.29, 0.717) is 51.3 Å². The van der Waals surface area contributed by atoms with Gasteiger partial charge in [0.25, 0.3) is 0 Å². The van der Waals surface area contributed by atoms with Crippen LogP contribution in [0, 0.1) is 16.7 Å². The van der Waals surface area contributed by atoms with Gasteiger partial charge in [-0.2, -0.15) is 18.4 Å². The summed E-state index contributed by atoms with van der Waals surface area (Å²) in [5.41, 5.74) is 2.51. The van der Waals surface area contributed by atoms with Crippen molar-refractivity contribution in [3.05, 3.63) is 63.0 Å². The summed E-state index contributed by atoms with van der Waals surface area (Å²) in [6.45, 7) is 6.40. The lowest BCUT2D eigenvalue weighted by Crippen LogP contribution is -2.45. The number of fused-ring (bicyclic) bond motifs is 4. The second-order valence-electron chi connectivity index (χ2n) is 12.2. The van der Waals surface area contributed by atoms with Gasteiger partial charge in [0.1, 0.15) is 11.7 Å². The van der Waals surface area contributed by atoms with E-state index in [9.17, 15) is 23.5 Å².